The summed E-state index contributed by atoms with van der Waals surface area (Å²) in [7, 11) is 0. The highest BCUT2D eigenvalue weighted by atomic mass is 79.9. The lowest BCUT2D eigenvalue weighted by atomic mass is 9.94. The van der Waals surface area contributed by atoms with E-state index in [-0.39, 0.29) is 4.83 Å². The summed E-state index contributed by atoms with van der Waals surface area (Å²) in [5.41, 5.74) is 5.31. The molecule has 0 fully saturated rings. The van der Waals surface area contributed by atoms with Gasteiger partial charge >= 0.3 is 0 Å². The van der Waals surface area contributed by atoms with Gasteiger partial charge < -0.3 is 0 Å². The van der Waals surface area contributed by atoms with E-state index in [1.165, 1.54) is 11.6 Å². The van der Waals surface area contributed by atoms with Crippen LogP contribution in [0.25, 0.3) is 0 Å². The maximum Gasteiger partial charge on any atom is 0.159 e. The quantitative estimate of drug-likeness (QED) is 0.651. The van der Waals surface area contributed by atoms with Gasteiger partial charge in [-0.2, -0.15) is 0 Å². The highest BCUT2D eigenvalue weighted by molar-refractivity contribution is 9.09. The van der Waals surface area contributed by atoms with Gasteiger partial charge in [-0.3, -0.25) is 0 Å². The predicted octanol–water partition coefficient (Wildman–Crippen LogP) is 5.37. The Hall–Kier alpha value is -1.22. The van der Waals surface area contributed by atoms with Crippen molar-refractivity contribution in [2.45, 2.75) is 25.6 Å². The monoisotopic (exact) mass is 324 g/mol. The van der Waals surface area contributed by atoms with Crippen LogP contribution in [-0.4, -0.2) is 0 Å². The molecule has 0 nitrogen and oxygen atoms in total. The van der Waals surface area contributed by atoms with Gasteiger partial charge in [-0.15, -0.1) is 0 Å². The third-order valence-corrected chi connectivity index (χ3v) is 4.21. The summed E-state index contributed by atoms with van der Waals surface area (Å²) >= 11 is 3.59. The fraction of sp³-hybridized carbons (Fsp3) is 0.250. The lowest BCUT2D eigenvalue weighted by Crippen LogP contribution is -2.01. The average Bonchev–Trinajstić information content (AvgIpc) is 2.31. The molecule has 19 heavy (non-hydrogen) atoms. The van der Waals surface area contributed by atoms with Crippen molar-refractivity contribution < 1.29 is 8.78 Å². The summed E-state index contributed by atoms with van der Waals surface area (Å²) in [6, 6.07) is 8.20. The zero-order valence-electron chi connectivity index (χ0n) is 11.1. The lowest BCUT2D eigenvalue weighted by molar-refractivity contribution is 0.507. The molecule has 1 atom stereocenters. The SMILES string of the molecule is Cc1cc(C)c(C(Br)c2ccc(F)c(F)c2)c(C)c1. The zero-order valence-corrected chi connectivity index (χ0v) is 12.7. The molecule has 0 radical (unpaired) electrons. The Balaban J connectivity index is 2.49. The summed E-state index contributed by atoms with van der Waals surface area (Å²) in [6.45, 7) is 6.11. The first kappa shape index (κ1) is 14.2. The molecule has 0 spiro atoms. The number of hydrogen-bond donors (Lipinski definition) is 0. The molecule has 0 amide bonds. The minimum Gasteiger partial charge on any atom is -0.204 e. The van der Waals surface area contributed by atoms with Gasteiger partial charge in [0.05, 0.1) is 4.83 Å². The van der Waals surface area contributed by atoms with Gasteiger partial charge in [0.25, 0.3) is 0 Å². The molecule has 2 aromatic carbocycles. The van der Waals surface area contributed by atoms with Crippen molar-refractivity contribution in [2.75, 3.05) is 0 Å². The molecule has 2 rings (SSSR count). The van der Waals surface area contributed by atoms with E-state index in [9.17, 15) is 8.78 Å². The van der Waals surface area contributed by atoms with E-state index in [1.807, 2.05) is 20.8 Å². The molecule has 0 heterocycles. The third kappa shape index (κ3) is 2.86. The van der Waals surface area contributed by atoms with Crippen LogP contribution in [0.3, 0.4) is 0 Å². The van der Waals surface area contributed by atoms with Gasteiger partial charge in [0.2, 0.25) is 0 Å². The van der Waals surface area contributed by atoms with Gasteiger partial charge in [0.1, 0.15) is 0 Å². The number of hydrogen-bond acceptors (Lipinski definition) is 0. The van der Waals surface area contributed by atoms with Crippen LogP contribution >= 0.6 is 15.9 Å². The summed E-state index contributed by atoms with van der Waals surface area (Å²) in [5, 5.41) is 0. The van der Waals surface area contributed by atoms with Crippen LogP contribution in [0.2, 0.25) is 0 Å². The van der Waals surface area contributed by atoms with E-state index >= 15 is 0 Å². The maximum absolute atomic E-state index is 13.3. The van der Waals surface area contributed by atoms with E-state index in [0.29, 0.717) is 5.56 Å². The molecule has 3 heteroatoms. The molecule has 0 saturated heterocycles. The average molecular weight is 325 g/mol. The Morgan fingerprint density at radius 1 is 0.895 bits per heavy atom. The Morgan fingerprint density at radius 2 is 1.47 bits per heavy atom. The largest absolute Gasteiger partial charge is 0.204 e. The van der Waals surface area contributed by atoms with Crippen molar-refractivity contribution in [3.8, 4) is 0 Å². The number of rotatable bonds is 2. The van der Waals surface area contributed by atoms with E-state index in [2.05, 4.69) is 28.1 Å². The Bertz CT molecular complexity index is 597. The van der Waals surface area contributed by atoms with Crippen LogP contribution in [0.1, 0.15) is 32.6 Å². The van der Waals surface area contributed by atoms with E-state index < -0.39 is 11.6 Å². The standard InChI is InChI=1S/C16H15BrF2/c1-9-6-10(2)15(11(3)7-9)16(17)12-4-5-13(18)14(19)8-12/h4-8,16H,1-3H3. The van der Waals surface area contributed by atoms with Gasteiger partial charge in [-0.25, -0.2) is 8.78 Å². The Morgan fingerprint density at radius 3 is 2.00 bits per heavy atom. The van der Waals surface area contributed by atoms with Crippen LogP contribution < -0.4 is 0 Å². The second-order valence-electron chi connectivity index (χ2n) is 4.85. The molecule has 0 saturated carbocycles. The molecule has 2 aromatic rings. The van der Waals surface area contributed by atoms with Crippen molar-refractivity contribution in [3.63, 3.8) is 0 Å². The molecular formula is C16H15BrF2. The van der Waals surface area contributed by atoms with E-state index in [1.54, 1.807) is 6.07 Å². The van der Waals surface area contributed by atoms with Crippen molar-refractivity contribution >= 4 is 15.9 Å². The summed E-state index contributed by atoms with van der Waals surface area (Å²) in [4.78, 5) is -0.136. The summed E-state index contributed by atoms with van der Waals surface area (Å²) < 4.78 is 26.3. The zero-order chi connectivity index (χ0) is 14.2. The first-order valence-corrected chi connectivity index (χ1v) is 6.98. The summed E-state index contributed by atoms with van der Waals surface area (Å²) in [5.74, 6) is -1.63. The molecule has 0 bridgehead atoms. The van der Waals surface area contributed by atoms with Crippen LogP contribution in [0.5, 0.6) is 0 Å². The van der Waals surface area contributed by atoms with Crippen LogP contribution in [-0.2, 0) is 0 Å². The van der Waals surface area contributed by atoms with Crippen LogP contribution in [0.4, 0.5) is 8.78 Å². The van der Waals surface area contributed by atoms with Crippen molar-refractivity contribution in [1.82, 2.24) is 0 Å². The fourth-order valence-electron chi connectivity index (χ4n) is 2.43. The smallest absolute Gasteiger partial charge is 0.159 e. The highest BCUT2D eigenvalue weighted by Crippen LogP contribution is 2.35. The normalized spacial score (nSPS) is 12.5. The molecule has 100 valence electrons. The third-order valence-electron chi connectivity index (χ3n) is 3.23. The highest BCUT2D eigenvalue weighted by Gasteiger charge is 2.17. The predicted molar refractivity (Wildman–Crippen MR) is 77.8 cm³/mol. The Kier molecular flexibility index (Phi) is 4.04. The van der Waals surface area contributed by atoms with Crippen molar-refractivity contribution in [3.05, 3.63) is 69.8 Å². The van der Waals surface area contributed by atoms with Gasteiger partial charge in [0, 0.05) is 0 Å². The van der Waals surface area contributed by atoms with Gasteiger partial charge in [-0.05, 0) is 55.2 Å². The molecule has 0 aliphatic rings. The second-order valence-corrected chi connectivity index (χ2v) is 5.76. The van der Waals surface area contributed by atoms with E-state index in [4.69, 9.17) is 0 Å². The van der Waals surface area contributed by atoms with Crippen molar-refractivity contribution in [1.29, 1.82) is 0 Å². The Labute approximate surface area is 120 Å². The second kappa shape index (κ2) is 5.41. The molecule has 0 aromatic heterocycles. The van der Waals surface area contributed by atoms with Crippen molar-refractivity contribution in [2.24, 2.45) is 0 Å². The molecule has 0 aliphatic carbocycles. The first-order valence-electron chi connectivity index (χ1n) is 6.07. The number of halogens is 3. The number of benzene rings is 2. The fourth-order valence-corrected chi connectivity index (χ4v) is 3.43. The van der Waals surface area contributed by atoms with Gasteiger partial charge in [-0.1, -0.05) is 39.7 Å². The lowest BCUT2D eigenvalue weighted by Gasteiger charge is -2.17. The minimum atomic E-state index is -0.819. The molecular weight excluding hydrogens is 310 g/mol. The number of alkyl halides is 1. The summed E-state index contributed by atoms with van der Waals surface area (Å²) in [6.07, 6.45) is 0. The maximum atomic E-state index is 13.3. The topological polar surface area (TPSA) is 0 Å². The van der Waals surface area contributed by atoms with Crippen LogP contribution in [0.15, 0.2) is 30.3 Å². The first-order chi connectivity index (χ1) is 8.90. The van der Waals surface area contributed by atoms with Crippen LogP contribution in [0, 0.1) is 32.4 Å². The minimum absolute atomic E-state index is 0.136. The number of aryl methyl sites for hydroxylation is 3. The van der Waals surface area contributed by atoms with Gasteiger partial charge in [0.15, 0.2) is 11.6 Å². The molecule has 0 N–H and O–H groups in total. The van der Waals surface area contributed by atoms with E-state index in [0.717, 1.165) is 22.8 Å². The molecule has 0 aliphatic heterocycles. The molecule has 1 unspecified atom stereocenters.